The molecular formula is C19H20N2O4. The van der Waals surface area contributed by atoms with Crippen molar-refractivity contribution in [3.63, 3.8) is 0 Å². The van der Waals surface area contributed by atoms with E-state index in [4.69, 9.17) is 4.74 Å². The van der Waals surface area contributed by atoms with Gasteiger partial charge in [0.1, 0.15) is 18.4 Å². The minimum Gasteiger partial charge on any atom is -0.460 e. The van der Waals surface area contributed by atoms with Crippen LogP contribution in [0.3, 0.4) is 0 Å². The molecular weight excluding hydrogens is 320 g/mol. The summed E-state index contributed by atoms with van der Waals surface area (Å²) in [4.78, 5) is 37.3. The molecule has 0 bridgehead atoms. The molecule has 1 N–H and O–H groups in total. The molecule has 1 saturated carbocycles. The second kappa shape index (κ2) is 7.06. The van der Waals surface area contributed by atoms with Gasteiger partial charge >= 0.3 is 5.97 Å². The van der Waals surface area contributed by atoms with Gasteiger partial charge in [-0.15, -0.1) is 0 Å². The fraction of sp³-hybridized carbons (Fsp3) is 0.474. The summed E-state index contributed by atoms with van der Waals surface area (Å²) in [6, 6.07) is 11.2. The van der Waals surface area contributed by atoms with Crippen LogP contribution >= 0.6 is 0 Å². The molecule has 1 saturated heterocycles. The van der Waals surface area contributed by atoms with Crippen LogP contribution in [0.15, 0.2) is 30.3 Å². The van der Waals surface area contributed by atoms with Gasteiger partial charge in [-0.2, -0.15) is 5.26 Å². The predicted octanol–water partition coefficient (Wildman–Crippen LogP) is 2.09. The number of nitrogens with zero attached hydrogens (tertiary/aromatic N) is 1. The molecule has 2 fully saturated rings. The monoisotopic (exact) mass is 340 g/mol. The number of carbonyl (C=O) groups is 3. The van der Waals surface area contributed by atoms with E-state index in [1.165, 1.54) is 0 Å². The molecule has 2 amide bonds. The van der Waals surface area contributed by atoms with Gasteiger partial charge in [0.2, 0.25) is 11.8 Å². The van der Waals surface area contributed by atoms with Gasteiger partial charge in [0.05, 0.1) is 6.07 Å². The summed E-state index contributed by atoms with van der Waals surface area (Å²) < 4.78 is 5.37. The lowest BCUT2D eigenvalue weighted by atomic mass is 9.57. The number of piperidine rings is 1. The Kier molecular flexibility index (Phi) is 4.84. The summed E-state index contributed by atoms with van der Waals surface area (Å²) in [5.74, 6) is -4.01. The molecule has 130 valence electrons. The Hall–Kier alpha value is -2.68. The van der Waals surface area contributed by atoms with Crippen LogP contribution in [-0.2, 0) is 25.7 Å². The maximum absolute atomic E-state index is 12.7. The van der Waals surface area contributed by atoms with Crippen molar-refractivity contribution in [2.75, 3.05) is 0 Å². The SMILES string of the molecule is N#CC1C(=O)NC(=O)C(C(=O)OCc2ccccc2)C12CCCCC2. The highest BCUT2D eigenvalue weighted by Crippen LogP contribution is 2.50. The number of hydrogen-bond donors (Lipinski definition) is 1. The molecule has 0 radical (unpaired) electrons. The first-order valence-electron chi connectivity index (χ1n) is 8.53. The molecule has 1 spiro atoms. The van der Waals surface area contributed by atoms with Crippen molar-refractivity contribution >= 4 is 17.8 Å². The zero-order chi connectivity index (χ0) is 17.9. The number of ether oxygens (including phenoxy) is 1. The maximum atomic E-state index is 12.7. The van der Waals surface area contributed by atoms with E-state index >= 15 is 0 Å². The van der Waals surface area contributed by atoms with Crippen molar-refractivity contribution < 1.29 is 19.1 Å². The smallest absolute Gasteiger partial charge is 0.319 e. The van der Waals surface area contributed by atoms with Crippen LogP contribution in [0.25, 0.3) is 0 Å². The van der Waals surface area contributed by atoms with Crippen molar-refractivity contribution in [1.82, 2.24) is 5.32 Å². The van der Waals surface area contributed by atoms with Crippen LogP contribution in [0, 0.1) is 28.6 Å². The molecule has 6 nitrogen and oxygen atoms in total. The summed E-state index contributed by atoms with van der Waals surface area (Å²) in [5, 5.41) is 11.7. The third-order valence-electron chi connectivity index (χ3n) is 5.29. The minimum absolute atomic E-state index is 0.0602. The lowest BCUT2D eigenvalue weighted by molar-refractivity contribution is -0.168. The number of carbonyl (C=O) groups excluding carboxylic acids is 3. The van der Waals surface area contributed by atoms with E-state index < -0.39 is 35.0 Å². The highest BCUT2D eigenvalue weighted by Gasteiger charge is 2.59. The van der Waals surface area contributed by atoms with Crippen molar-refractivity contribution in [2.45, 2.75) is 38.7 Å². The fourth-order valence-corrected chi connectivity index (χ4v) is 4.08. The average molecular weight is 340 g/mol. The number of hydrogen-bond acceptors (Lipinski definition) is 5. The number of nitriles is 1. The summed E-state index contributed by atoms with van der Waals surface area (Å²) in [6.45, 7) is 0.0602. The lowest BCUT2D eigenvalue weighted by Gasteiger charge is -2.46. The van der Waals surface area contributed by atoms with Gasteiger partial charge in [0.15, 0.2) is 0 Å². The molecule has 1 aromatic rings. The highest BCUT2D eigenvalue weighted by molar-refractivity contribution is 6.10. The summed E-state index contributed by atoms with van der Waals surface area (Å²) >= 11 is 0. The molecule has 1 aromatic carbocycles. The summed E-state index contributed by atoms with van der Waals surface area (Å²) in [7, 11) is 0. The summed E-state index contributed by atoms with van der Waals surface area (Å²) in [6.07, 6.45) is 3.58. The Bertz CT molecular complexity index is 717. The average Bonchev–Trinajstić information content (AvgIpc) is 2.61. The third kappa shape index (κ3) is 3.14. The Morgan fingerprint density at radius 3 is 2.48 bits per heavy atom. The number of rotatable bonds is 3. The zero-order valence-corrected chi connectivity index (χ0v) is 13.9. The van der Waals surface area contributed by atoms with Gasteiger partial charge in [0.25, 0.3) is 0 Å². The normalized spacial score (nSPS) is 25.1. The van der Waals surface area contributed by atoms with Gasteiger partial charge in [-0.25, -0.2) is 0 Å². The molecule has 3 rings (SSSR count). The number of imide groups is 1. The van der Waals surface area contributed by atoms with Crippen LogP contribution in [0.2, 0.25) is 0 Å². The third-order valence-corrected chi connectivity index (χ3v) is 5.29. The van der Waals surface area contributed by atoms with E-state index in [0.717, 1.165) is 24.8 Å². The second-order valence-corrected chi connectivity index (χ2v) is 6.74. The van der Waals surface area contributed by atoms with Crippen molar-refractivity contribution in [1.29, 1.82) is 5.26 Å². The van der Waals surface area contributed by atoms with E-state index in [1.807, 2.05) is 36.4 Å². The Morgan fingerprint density at radius 2 is 1.84 bits per heavy atom. The van der Waals surface area contributed by atoms with Gasteiger partial charge in [-0.3, -0.25) is 19.7 Å². The van der Waals surface area contributed by atoms with Crippen LogP contribution in [0.4, 0.5) is 0 Å². The molecule has 2 aliphatic rings. The van der Waals surface area contributed by atoms with Crippen LogP contribution in [-0.4, -0.2) is 17.8 Å². The van der Waals surface area contributed by atoms with Gasteiger partial charge in [-0.1, -0.05) is 49.6 Å². The topological polar surface area (TPSA) is 96.3 Å². The predicted molar refractivity (Wildman–Crippen MR) is 87.5 cm³/mol. The van der Waals surface area contributed by atoms with Crippen LogP contribution in [0.5, 0.6) is 0 Å². The molecule has 1 aliphatic carbocycles. The molecule has 0 aromatic heterocycles. The fourth-order valence-electron chi connectivity index (χ4n) is 4.08. The quantitative estimate of drug-likeness (QED) is 0.516. The first-order chi connectivity index (χ1) is 12.1. The Labute approximate surface area is 146 Å². The van der Waals surface area contributed by atoms with Crippen molar-refractivity contribution in [3.05, 3.63) is 35.9 Å². The first-order valence-corrected chi connectivity index (χ1v) is 8.53. The molecule has 2 unspecified atom stereocenters. The maximum Gasteiger partial charge on any atom is 0.319 e. The van der Waals surface area contributed by atoms with Gasteiger partial charge in [-0.05, 0) is 18.4 Å². The van der Waals surface area contributed by atoms with Crippen LogP contribution < -0.4 is 5.32 Å². The van der Waals surface area contributed by atoms with Crippen LogP contribution in [0.1, 0.15) is 37.7 Å². The number of benzene rings is 1. The molecule has 2 atom stereocenters. The highest BCUT2D eigenvalue weighted by atomic mass is 16.5. The molecule has 6 heteroatoms. The van der Waals surface area contributed by atoms with E-state index in [9.17, 15) is 19.6 Å². The van der Waals surface area contributed by atoms with Gasteiger partial charge in [0, 0.05) is 5.41 Å². The Balaban J connectivity index is 1.85. The standard InChI is InChI=1S/C19H20N2O4/c20-11-14-16(22)21-17(23)15(19(14)9-5-2-6-10-19)18(24)25-12-13-7-3-1-4-8-13/h1,3-4,7-8,14-15H,2,5-6,9-10,12H2,(H,21,22,23). The molecule has 25 heavy (non-hydrogen) atoms. The van der Waals surface area contributed by atoms with E-state index in [1.54, 1.807) is 0 Å². The zero-order valence-electron chi connectivity index (χ0n) is 13.9. The number of nitrogens with one attached hydrogen (secondary N) is 1. The lowest BCUT2D eigenvalue weighted by Crippen LogP contribution is -2.61. The molecule has 1 heterocycles. The van der Waals surface area contributed by atoms with Crippen molar-refractivity contribution in [2.24, 2.45) is 17.3 Å². The number of amides is 2. The van der Waals surface area contributed by atoms with Crippen molar-refractivity contribution in [3.8, 4) is 6.07 Å². The number of esters is 1. The minimum atomic E-state index is -1.11. The largest absolute Gasteiger partial charge is 0.460 e. The van der Waals surface area contributed by atoms with E-state index in [2.05, 4.69) is 5.32 Å². The summed E-state index contributed by atoms with van der Waals surface area (Å²) in [5.41, 5.74) is -0.127. The van der Waals surface area contributed by atoms with E-state index in [-0.39, 0.29) is 6.61 Å². The second-order valence-electron chi connectivity index (χ2n) is 6.74. The Morgan fingerprint density at radius 1 is 1.16 bits per heavy atom. The molecule has 1 aliphatic heterocycles. The van der Waals surface area contributed by atoms with E-state index in [0.29, 0.717) is 12.8 Å². The first kappa shape index (κ1) is 17.2. The van der Waals surface area contributed by atoms with Gasteiger partial charge < -0.3 is 4.74 Å².